The molecule has 0 aliphatic carbocycles. The van der Waals surface area contributed by atoms with Gasteiger partial charge in [-0.3, -0.25) is 9.80 Å². The van der Waals surface area contributed by atoms with Crippen molar-refractivity contribution in [2.45, 2.75) is 156 Å². The van der Waals surface area contributed by atoms with Crippen molar-refractivity contribution >= 4 is 0 Å². The van der Waals surface area contributed by atoms with E-state index in [2.05, 4.69) is 117 Å². The molecule has 0 bridgehead atoms. The van der Waals surface area contributed by atoms with Gasteiger partial charge in [-0.25, -0.2) is 0 Å². The Morgan fingerprint density at radius 3 is 1.17 bits per heavy atom. The molecule has 0 spiro atoms. The highest BCUT2D eigenvalue weighted by Gasteiger charge is 2.39. The molecule has 0 saturated carbocycles. The number of likely N-dealkylation sites (tertiary alicyclic amines) is 2. The molecule has 2 saturated heterocycles. The van der Waals surface area contributed by atoms with Crippen molar-refractivity contribution in [3.05, 3.63) is 57.6 Å². The minimum absolute atomic E-state index is 0.0185. The Morgan fingerprint density at radius 1 is 0.548 bits per heavy atom. The Bertz CT molecular complexity index is 1170. The number of hydrogen-bond acceptors (Lipinski definition) is 4. The van der Waals surface area contributed by atoms with E-state index in [1.54, 1.807) is 0 Å². The smallest absolute Gasteiger partial charge is 0.123 e. The van der Waals surface area contributed by atoms with Crippen molar-refractivity contribution in [2.24, 2.45) is 0 Å². The highest BCUT2D eigenvalue weighted by atomic mass is 16.3. The molecular formula is C38H60N2O2. The summed E-state index contributed by atoms with van der Waals surface area (Å²) in [6.07, 6.45) is 4.77. The summed E-state index contributed by atoms with van der Waals surface area (Å²) in [4.78, 5) is 5.28. The molecule has 2 unspecified atom stereocenters. The predicted octanol–water partition coefficient (Wildman–Crippen LogP) is 8.92. The molecule has 0 radical (unpaired) electrons. The number of phenols is 2. The van der Waals surface area contributed by atoms with Gasteiger partial charge < -0.3 is 10.2 Å². The molecule has 4 nitrogen and oxygen atoms in total. The summed E-state index contributed by atoms with van der Waals surface area (Å²) in [7, 11) is 0. The highest BCUT2D eigenvalue weighted by Crippen LogP contribution is 2.42. The lowest BCUT2D eigenvalue weighted by Gasteiger charge is -2.36. The number of benzene rings is 2. The van der Waals surface area contributed by atoms with Gasteiger partial charge >= 0.3 is 0 Å². The monoisotopic (exact) mass is 576 g/mol. The zero-order valence-corrected chi connectivity index (χ0v) is 28.9. The molecule has 2 aliphatic heterocycles. The van der Waals surface area contributed by atoms with Crippen LogP contribution in [0.2, 0.25) is 0 Å². The average Bonchev–Trinajstić information content (AvgIpc) is 3.47. The molecule has 42 heavy (non-hydrogen) atoms. The van der Waals surface area contributed by atoms with Crippen LogP contribution in [0.15, 0.2) is 24.3 Å². The molecule has 4 rings (SSSR count). The summed E-state index contributed by atoms with van der Waals surface area (Å²) in [5, 5.41) is 23.0. The lowest BCUT2D eigenvalue weighted by molar-refractivity contribution is 0.122. The molecule has 2 aliphatic rings. The maximum Gasteiger partial charge on any atom is 0.123 e. The highest BCUT2D eigenvalue weighted by molar-refractivity contribution is 5.50. The zero-order valence-electron chi connectivity index (χ0n) is 28.9. The summed E-state index contributed by atoms with van der Waals surface area (Å²) in [5.41, 5.74) is 6.60. The van der Waals surface area contributed by atoms with Gasteiger partial charge in [-0.1, -0.05) is 107 Å². The van der Waals surface area contributed by atoms with Gasteiger partial charge in [-0.05, 0) is 82.7 Å². The van der Waals surface area contributed by atoms with Gasteiger partial charge in [0.15, 0.2) is 0 Å². The minimum atomic E-state index is -0.123. The molecule has 4 heteroatoms. The Labute approximate surface area is 257 Å². The van der Waals surface area contributed by atoms with Crippen LogP contribution in [-0.2, 0) is 34.7 Å². The van der Waals surface area contributed by atoms with Crippen molar-refractivity contribution in [1.29, 1.82) is 0 Å². The second-order valence-corrected chi connectivity index (χ2v) is 17.4. The van der Waals surface area contributed by atoms with Crippen molar-refractivity contribution < 1.29 is 10.2 Å². The number of nitrogens with zero attached hydrogens (tertiary/aromatic N) is 2. The lowest BCUT2D eigenvalue weighted by atomic mass is 9.78. The molecule has 0 amide bonds. The van der Waals surface area contributed by atoms with E-state index in [0.29, 0.717) is 23.6 Å². The molecular weight excluding hydrogens is 516 g/mol. The summed E-state index contributed by atoms with van der Waals surface area (Å²) >= 11 is 0. The fourth-order valence-corrected chi connectivity index (χ4v) is 7.05. The summed E-state index contributed by atoms with van der Waals surface area (Å²) in [6.45, 7) is 30.5. The van der Waals surface area contributed by atoms with Crippen LogP contribution in [0, 0.1) is 0 Å². The topological polar surface area (TPSA) is 46.9 Å². The molecule has 234 valence electrons. The van der Waals surface area contributed by atoms with Gasteiger partial charge in [-0.15, -0.1) is 0 Å². The fourth-order valence-electron chi connectivity index (χ4n) is 7.05. The number of phenolic OH excluding ortho intramolecular Hbond substituents is 2. The molecule has 2 fully saturated rings. The Hall–Kier alpha value is -2.04. The van der Waals surface area contributed by atoms with E-state index in [0.717, 1.165) is 48.4 Å². The third-order valence-corrected chi connectivity index (χ3v) is 9.75. The number of rotatable bonds is 5. The third-order valence-electron chi connectivity index (χ3n) is 9.75. The predicted molar refractivity (Wildman–Crippen MR) is 178 cm³/mol. The molecule has 2 aromatic rings. The largest absolute Gasteiger partial charge is 0.507 e. The normalized spacial score (nSPS) is 21.4. The summed E-state index contributed by atoms with van der Waals surface area (Å²) in [5.74, 6) is 0.950. The lowest BCUT2D eigenvalue weighted by Crippen LogP contribution is -2.45. The van der Waals surface area contributed by atoms with Crippen LogP contribution in [0.4, 0.5) is 0 Å². The first-order valence-electron chi connectivity index (χ1n) is 16.4. The van der Waals surface area contributed by atoms with Gasteiger partial charge in [0.25, 0.3) is 0 Å². The van der Waals surface area contributed by atoms with E-state index in [9.17, 15) is 10.2 Å². The van der Waals surface area contributed by atoms with Crippen molar-refractivity contribution in [2.75, 3.05) is 13.1 Å². The van der Waals surface area contributed by atoms with Crippen LogP contribution in [0.5, 0.6) is 11.5 Å². The van der Waals surface area contributed by atoms with Crippen LogP contribution in [0.25, 0.3) is 0 Å². The second kappa shape index (κ2) is 11.5. The van der Waals surface area contributed by atoms with Crippen LogP contribution in [0.3, 0.4) is 0 Å². The first-order valence-corrected chi connectivity index (χ1v) is 16.4. The van der Waals surface area contributed by atoms with Crippen molar-refractivity contribution in [3.63, 3.8) is 0 Å². The Kier molecular flexibility index (Phi) is 8.98. The Balaban J connectivity index is 1.64. The average molecular weight is 577 g/mol. The SMILES string of the molecule is CC(C)(C)c1cc(CN2CCCC2C2CCCN2Cc2cc(C(C)(C)C)cc(C(C)(C)C)c2O)c(O)c(C(C)(C)C)c1. The van der Waals surface area contributed by atoms with E-state index in [4.69, 9.17) is 0 Å². The first-order chi connectivity index (χ1) is 19.2. The van der Waals surface area contributed by atoms with Crippen molar-refractivity contribution in [3.8, 4) is 11.5 Å². The van der Waals surface area contributed by atoms with E-state index in [1.165, 1.54) is 36.8 Å². The third kappa shape index (κ3) is 7.02. The number of hydrogen-bond donors (Lipinski definition) is 2. The zero-order chi connectivity index (χ0) is 31.4. The van der Waals surface area contributed by atoms with E-state index in [1.807, 2.05) is 0 Å². The van der Waals surface area contributed by atoms with E-state index in [-0.39, 0.29) is 21.7 Å². The van der Waals surface area contributed by atoms with E-state index >= 15 is 0 Å². The van der Waals surface area contributed by atoms with Gasteiger partial charge in [0.1, 0.15) is 11.5 Å². The van der Waals surface area contributed by atoms with Gasteiger partial charge in [-0.2, -0.15) is 0 Å². The van der Waals surface area contributed by atoms with Crippen LogP contribution >= 0.6 is 0 Å². The van der Waals surface area contributed by atoms with E-state index < -0.39 is 0 Å². The quantitative estimate of drug-likeness (QED) is 0.373. The number of aromatic hydroxyl groups is 2. The van der Waals surface area contributed by atoms with Gasteiger partial charge in [0.05, 0.1) is 0 Å². The maximum absolute atomic E-state index is 11.5. The second-order valence-electron chi connectivity index (χ2n) is 17.4. The molecule has 2 N–H and O–H groups in total. The first kappa shape index (κ1) is 32.9. The molecule has 2 aromatic carbocycles. The van der Waals surface area contributed by atoms with Gasteiger partial charge in [0, 0.05) is 36.3 Å². The maximum atomic E-state index is 11.5. The minimum Gasteiger partial charge on any atom is -0.507 e. The van der Waals surface area contributed by atoms with Crippen LogP contribution in [-0.4, -0.2) is 45.2 Å². The van der Waals surface area contributed by atoms with Crippen molar-refractivity contribution in [1.82, 2.24) is 9.80 Å². The molecule has 0 aromatic heterocycles. The van der Waals surface area contributed by atoms with Crippen LogP contribution < -0.4 is 0 Å². The van der Waals surface area contributed by atoms with Gasteiger partial charge in [0.2, 0.25) is 0 Å². The van der Waals surface area contributed by atoms with Crippen LogP contribution in [0.1, 0.15) is 142 Å². The molecule has 2 heterocycles. The fraction of sp³-hybridized carbons (Fsp3) is 0.684. The summed E-state index contributed by atoms with van der Waals surface area (Å²) < 4.78 is 0. The standard InChI is InChI=1S/C38H60N2O2/c1-35(2,3)27-19-25(33(41)29(21-27)37(7,8)9)23-39-17-13-15-31(39)32-16-14-18-40(32)24-26-20-28(36(4,5)6)22-30(34(26)42)38(10,11)12/h19-22,31-32,41-42H,13-18,23-24H2,1-12H3. The molecule has 2 atom stereocenters. The Morgan fingerprint density at radius 2 is 0.881 bits per heavy atom. The summed E-state index contributed by atoms with van der Waals surface area (Å²) in [6, 6.07) is 9.88.